The van der Waals surface area contributed by atoms with Crippen molar-refractivity contribution in [2.24, 2.45) is 0 Å². The molecule has 0 aliphatic heterocycles. The van der Waals surface area contributed by atoms with Crippen LogP contribution in [0.15, 0.2) is 30.5 Å². The molecule has 0 N–H and O–H groups in total. The third kappa shape index (κ3) is 3.51. The highest BCUT2D eigenvalue weighted by molar-refractivity contribution is 5.86. The highest BCUT2D eigenvalue weighted by atomic mass is 16.5. The van der Waals surface area contributed by atoms with Crippen LogP contribution in [0.2, 0.25) is 0 Å². The number of aromatic nitrogens is 1. The van der Waals surface area contributed by atoms with Crippen LogP contribution in [0.25, 0.3) is 10.9 Å². The topological polar surface area (TPSA) is 23.4 Å². The van der Waals surface area contributed by atoms with Gasteiger partial charge in [-0.3, -0.25) is 0 Å². The maximum absolute atomic E-state index is 5.79. The van der Waals surface area contributed by atoms with E-state index < -0.39 is 0 Å². The molecule has 2 aromatic rings. The van der Waals surface area contributed by atoms with E-state index in [0.717, 1.165) is 44.8 Å². The third-order valence-electron chi connectivity index (χ3n) is 3.23. The normalized spacial score (nSPS) is 11.1. The first-order valence-electron chi connectivity index (χ1n) is 7.06. The molecular weight excluding hydrogens is 238 g/mol. The average Bonchev–Trinajstić information content (AvgIpc) is 2.85. The standard InChI is InChI=1S/C16H23NO2/c1-3-12-19-16-8-6-7-15-14(16)9-11-17(15)10-4-5-13-18-2/h6-9,11H,3-5,10,12-13H2,1-2H3. The van der Waals surface area contributed by atoms with E-state index >= 15 is 0 Å². The number of aryl methyl sites for hydroxylation is 1. The third-order valence-corrected chi connectivity index (χ3v) is 3.23. The Morgan fingerprint density at radius 2 is 2.00 bits per heavy atom. The number of ether oxygens (including phenoxy) is 2. The number of methoxy groups -OCH3 is 1. The molecule has 0 saturated heterocycles. The Labute approximate surface area is 115 Å². The first-order chi connectivity index (χ1) is 9.36. The Morgan fingerprint density at radius 3 is 2.79 bits per heavy atom. The predicted octanol–water partition coefficient (Wildman–Crippen LogP) is 3.86. The van der Waals surface area contributed by atoms with E-state index in [1.165, 1.54) is 10.9 Å². The lowest BCUT2D eigenvalue weighted by molar-refractivity contribution is 0.191. The lowest BCUT2D eigenvalue weighted by Crippen LogP contribution is -1.99. The molecule has 1 aromatic carbocycles. The van der Waals surface area contributed by atoms with Crippen molar-refractivity contribution in [3.05, 3.63) is 30.5 Å². The summed E-state index contributed by atoms with van der Waals surface area (Å²) in [7, 11) is 1.75. The molecule has 0 atom stereocenters. The van der Waals surface area contributed by atoms with Crippen molar-refractivity contribution < 1.29 is 9.47 Å². The van der Waals surface area contributed by atoms with Crippen LogP contribution in [0.3, 0.4) is 0 Å². The molecule has 104 valence electrons. The van der Waals surface area contributed by atoms with E-state index in [1.54, 1.807) is 7.11 Å². The number of benzene rings is 1. The van der Waals surface area contributed by atoms with Crippen LogP contribution in [0.4, 0.5) is 0 Å². The molecule has 0 unspecified atom stereocenters. The molecule has 0 radical (unpaired) electrons. The van der Waals surface area contributed by atoms with Gasteiger partial charge >= 0.3 is 0 Å². The lowest BCUT2D eigenvalue weighted by atomic mass is 10.2. The summed E-state index contributed by atoms with van der Waals surface area (Å²) >= 11 is 0. The summed E-state index contributed by atoms with van der Waals surface area (Å²) in [6.45, 7) is 4.77. The summed E-state index contributed by atoms with van der Waals surface area (Å²) in [5.41, 5.74) is 1.26. The van der Waals surface area contributed by atoms with Gasteiger partial charge in [-0.25, -0.2) is 0 Å². The Bertz CT molecular complexity index is 504. The van der Waals surface area contributed by atoms with Gasteiger partial charge in [0, 0.05) is 31.8 Å². The molecule has 0 spiro atoms. The number of rotatable bonds is 8. The molecule has 1 aromatic heterocycles. The average molecular weight is 261 g/mol. The summed E-state index contributed by atoms with van der Waals surface area (Å²) in [6.07, 6.45) is 5.42. The minimum Gasteiger partial charge on any atom is -0.493 e. The van der Waals surface area contributed by atoms with Crippen molar-refractivity contribution in [2.75, 3.05) is 20.3 Å². The number of hydrogen-bond acceptors (Lipinski definition) is 2. The van der Waals surface area contributed by atoms with Gasteiger partial charge in [0.1, 0.15) is 5.75 Å². The van der Waals surface area contributed by atoms with Crippen molar-refractivity contribution in [1.82, 2.24) is 4.57 Å². The van der Waals surface area contributed by atoms with Crippen LogP contribution < -0.4 is 4.74 Å². The SMILES string of the molecule is CCCOc1cccc2c1ccn2CCCCOC. The molecule has 0 fully saturated rings. The van der Waals surface area contributed by atoms with E-state index in [0.29, 0.717) is 0 Å². The Balaban J connectivity index is 2.09. The van der Waals surface area contributed by atoms with E-state index in [2.05, 4.69) is 35.9 Å². The summed E-state index contributed by atoms with van der Waals surface area (Å²) in [4.78, 5) is 0. The summed E-state index contributed by atoms with van der Waals surface area (Å²) < 4.78 is 13.2. The first-order valence-corrected chi connectivity index (χ1v) is 7.06. The van der Waals surface area contributed by atoms with Gasteiger partial charge in [-0.05, 0) is 37.5 Å². The molecule has 0 aliphatic carbocycles. The number of hydrogen-bond donors (Lipinski definition) is 0. The van der Waals surface area contributed by atoms with Gasteiger partial charge in [-0.2, -0.15) is 0 Å². The fourth-order valence-electron chi connectivity index (χ4n) is 2.26. The second kappa shape index (κ2) is 7.19. The maximum Gasteiger partial charge on any atom is 0.128 e. The van der Waals surface area contributed by atoms with Crippen molar-refractivity contribution in [3.63, 3.8) is 0 Å². The molecular formula is C16H23NO2. The Hall–Kier alpha value is -1.48. The van der Waals surface area contributed by atoms with Crippen LogP contribution in [0, 0.1) is 0 Å². The minimum atomic E-state index is 0.776. The molecule has 0 aliphatic rings. The molecule has 19 heavy (non-hydrogen) atoms. The quantitative estimate of drug-likeness (QED) is 0.674. The van der Waals surface area contributed by atoms with Gasteiger partial charge in [0.2, 0.25) is 0 Å². The van der Waals surface area contributed by atoms with Crippen LogP contribution in [-0.2, 0) is 11.3 Å². The number of unbranched alkanes of at least 4 members (excludes halogenated alkanes) is 1. The smallest absolute Gasteiger partial charge is 0.128 e. The van der Waals surface area contributed by atoms with Crippen LogP contribution in [-0.4, -0.2) is 24.9 Å². The second-order valence-corrected chi connectivity index (χ2v) is 4.75. The predicted molar refractivity (Wildman–Crippen MR) is 78.8 cm³/mol. The highest BCUT2D eigenvalue weighted by Crippen LogP contribution is 2.27. The maximum atomic E-state index is 5.79. The van der Waals surface area contributed by atoms with Crippen LogP contribution in [0.5, 0.6) is 5.75 Å². The molecule has 3 heteroatoms. The minimum absolute atomic E-state index is 0.776. The van der Waals surface area contributed by atoms with Gasteiger partial charge in [0.15, 0.2) is 0 Å². The van der Waals surface area contributed by atoms with E-state index in [9.17, 15) is 0 Å². The second-order valence-electron chi connectivity index (χ2n) is 4.75. The van der Waals surface area contributed by atoms with Gasteiger partial charge in [-0.15, -0.1) is 0 Å². The van der Waals surface area contributed by atoms with Crippen molar-refractivity contribution in [3.8, 4) is 5.75 Å². The van der Waals surface area contributed by atoms with Crippen LogP contribution >= 0.6 is 0 Å². The van der Waals surface area contributed by atoms with E-state index in [4.69, 9.17) is 9.47 Å². The van der Waals surface area contributed by atoms with Crippen molar-refractivity contribution >= 4 is 10.9 Å². The highest BCUT2D eigenvalue weighted by Gasteiger charge is 2.06. The van der Waals surface area contributed by atoms with Gasteiger partial charge in [0.25, 0.3) is 0 Å². The Morgan fingerprint density at radius 1 is 1.11 bits per heavy atom. The van der Waals surface area contributed by atoms with Gasteiger partial charge in [0.05, 0.1) is 12.1 Å². The Kier molecular flexibility index (Phi) is 5.28. The number of nitrogens with zero attached hydrogens (tertiary/aromatic N) is 1. The molecule has 0 bridgehead atoms. The zero-order valence-corrected chi connectivity index (χ0v) is 11.9. The van der Waals surface area contributed by atoms with Crippen molar-refractivity contribution in [2.45, 2.75) is 32.7 Å². The van der Waals surface area contributed by atoms with E-state index in [-0.39, 0.29) is 0 Å². The summed E-state index contributed by atoms with van der Waals surface area (Å²) in [5, 5.41) is 1.21. The molecule has 1 heterocycles. The largest absolute Gasteiger partial charge is 0.493 e. The molecule has 3 nitrogen and oxygen atoms in total. The fourth-order valence-corrected chi connectivity index (χ4v) is 2.26. The van der Waals surface area contributed by atoms with E-state index in [1.807, 2.05) is 6.07 Å². The monoisotopic (exact) mass is 261 g/mol. The van der Waals surface area contributed by atoms with Gasteiger partial charge < -0.3 is 14.0 Å². The zero-order chi connectivity index (χ0) is 13.5. The fraction of sp³-hybridized carbons (Fsp3) is 0.500. The lowest BCUT2D eigenvalue weighted by Gasteiger charge is -2.08. The molecule has 2 rings (SSSR count). The zero-order valence-electron chi connectivity index (χ0n) is 11.9. The van der Waals surface area contributed by atoms with Gasteiger partial charge in [-0.1, -0.05) is 13.0 Å². The molecule has 0 saturated carbocycles. The summed E-state index contributed by atoms with van der Waals surface area (Å²) in [5.74, 6) is 0.995. The molecule has 0 amide bonds. The summed E-state index contributed by atoms with van der Waals surface area (Å²) in [6, 6.07) is 8.42. The first kappa shape index (κ1) is 13.9. The van der Waals surface area contributed by atoms with Crippen LogP contribution in [0.1, 0.15) is 26.2 Å². The number of fused-ring (bicyclic) bond motifs is 1. The van der Waals surface area contributed by atoms with Crippen molar-refractivity contribution in [1.29, 1.82) is 0 Å².